The zero-order valence-electron chi connectivity index (χ0n) is 12.7. The van der Waals surface area contributed by atoms with E-state index < -0.39 is 0 Å². The summed E-state index contributed by atoms with van der Waals surface area (Å²) in [6, 6.07) is 16.6. The number of benzene rings is 2. The standard InChI is InChI=1S/C18H18N4S/c1-2-11-19-18(23)20-17-10-12-22(21-17)13-15-8-5-7-14-6-3-4-9-16(14)15/h2-10,12H,1,11,13H2,(H2,19,20,21,23). The number of aromatic nitrogens is 2. The number of fused-ring (bicyclic) bond motifs is 1. The maximum absolute atomic E-state index is 5.18. The van der Waals surface area contributed by atoms with Gasteiger partial charge in [-0.15, -0.1) is 6.58 Å². The van der Waals surface area contributed by atoms with Crippen molar-refractivity contribution in [2.45, 2.75) is 6.54 Å². The van der Waals surface area contributed by atoms with Crippen molar-refractivity contribution in [1.82, 2.24) is 15.1 Å². The Morgan fingerprint density at radius 2 is 2.00 bits per heavy atom. The van der Waals surface area contributed by atoms with Gasteiger partial charge < -0.3 is 10.6 Å². The first-order chi connectivity index (χ1) is 11.3. The van der Waals surface area contributed by atoms with Crippen molar-refractivity contribution >= 4 is 33.9 Å². The van der Waals surface area contributed by atoms with Gasteiger partial charge in [0, 0.05) is 18.8 Å². The summed E-state index contributed by atoms with van der Waals surface area (Å²) in [6.45, 7) is 4.99. The molecule has 3 aromatic rings. The minimum absolute atomic E-state index is 0.542. The van der Waals surface area contributed by atoms with Crippen LogP contribution in [0.2, 0.25) is 0 Å². The van der Waals surface area contributed by atoms with Gasteiger partial charge in [0.2, 0.25) is 0 Å². The quantitative estimate of drug-likeness (QED) is 0.557. The number of rotatable bonds is 5. The van der Waals surface area contributed by atoms with Crippen LogP contribution in [-0.2, 0) is 6.54 Å². The van der Waals surface area contributed by atoms with Crippen LogP contribution in [0, 0.1) is 0 Å². The highest BCUT2D eigenvalue weighted by Gasteiger charge is 2.04. The molecule has 5 heteroatoms. The van der Waals surface area contributed by atoms with Crippen molar-refractivity contribution in [1.29, 1.82) is 0 Å². The van der Waals surface area contributed by atoms with E-state index in [-0.39, 0.29) is 0 Å². The fourth-order valence-electron chi connectivity index (χ4n) is 2.45. The molecule has 23 heavy (non-hydrogen) atoms. The third kappa shape index (κ3) is 3.76. The maximum Gasteiger partial charge on any atom is 0.172 e. The van der Waals surface area contributed by atoms with Crippen LogP contribution in [0.3, 0.4) is 0 Å². The Hall–Kier alpha value is -2.66. The summed E-state index contributed by atoms with van der Waals surface area (Å²) < 4.78 is 1.90. The predicted molar refractivity (Wildman–Crippen MR) is 99.7 cm³/mol. The van der Waals surface area contributed by atoms with Gasteiger partial charge >= 0.3 is 0 Å². The molecule has 0 aliphatic heterocycles. The molecule has 0 fully saturated rings. The lowest BCUT2D eigenvalue weighted by molar-refractivity contribution is 0.693. The van der Waals surface area contributed by atoms with E-state index in [9.17, 15) is 0 Å². The molecule has 0 unspecified atom stereocenters. The highest BCUT2D eigenvalue weighted by Crippen LogP contribution is 2.19. The number of hydrogen-bond donors (Lipinski definition) is 2. The van der Waals surface area contributed by atoms with E-state index >= 15 is 0 Å². The van der Waals surface area contributed by atoms with Gasteiger partial charge in [0.05, 0.1) is 6.54 Å². The first kappa shape index (κ1) is 15.2. The van der Waals surface area contributed by atoms with Crippen LogP contribution < -0.4 is 10.6 Å². The van der Waals surface area contributed by atoms with Crippen molar-refractivity contribution in [3.05, 3.63) is 72.9 Å². The molecule has 4 nitrogen and oxygen atoms in total. The Labute approximate surface area is 140 Å². The minimum Gasteiger partial charge on any atom is -0.359 e. The first-order valence-corrected chi connectivity index (χ1v) is 7.83. The largest absolute Gasteiger partial charge is 0.359 e. The summed E-state index contributed by atoms with van der Waals surface area (Å²) in [5.41, 5.74) is 1.24. The van der Waals surface area contributed by atoms with Crippen LogP contribution in [0.25, 0.3) is 10.8 Å². The molecule has 0 saturated carbocycles. The third-order valence-electron chi connectivity index (χ3n) is 3.50. The predicted octanol–water partition coefficient (Wildman–Crippen LogP) is 3.56. The molecule has 1 heterocycles. The van der Waals surface area contributed by atoms with Crippen LogP contribution in [0.5, 0.6) is 0 Å². The summed E-state index contributed by atoms with van der Waals surface area (Å²) >= 11 is 5.18. The van der Waals surface area contributed by atoms with E-state index in [1.54, 1.807) is 6.08 Å². The van der Waals surface area contributed by atoms with Crippen LogP contribution >= 0.6 is 12.2 Å². The SMILES string of the molecule is C=CCNC(=S)Nc1ccn(Cc2cccc3ccccc23)n1. The molecule has 0 saturated heterocycles. The zero-order chi connectivity index (χ0) is 16.1. The molecule has 116 valence electrons. The van der Waals surface area contributed by atoms with Gasteiger partial charge in [0.15, 0.2) is 10.9 Å². The lowest BCUT2D eigenvalue weighted by Gasteiger charge is -2.07. The van der Waals surface area contributed by atoms with Crippen molar-refractivity contribution in [2.75, 3.05) is 11.9 Å². The van der Waals surface area contributed by atoms with E-state index in [0.29, 0.717) is 11.7 Å². The molecule has 0 bridgehead atoms. The van der Waals surface area contributed by atoms with Gasteiger partial charge in [-0.1, -0.05) is 48.5 Å². The Morgan fingerprint density at radius 3 is 2.87 bits per heavy atom. The summed E-state index contributed by atoms with van der Waals surface area (Å²) in [4.78, 5) is 0. The van der Waals surface area contributed by atoms with Crippen molar-refractivity contribution < 1.29 is 0 Å². The molecule has 0 aliphatic rings. The topological polar surface area (TPSA) is 41.9 Å². The second kappa shape index (κ2) is 7.07. The highest BCUT2D eigenvalue weighted by atomic mass is 32.1. The number of anilines is 1. The summed E-state index contributed by atoms with van der Waals surface area (Å²) in [5.74, 6) is 0.729. The number of nitrogens with zero attached hydrogens (tertiary/aromatic N) is 2. The molecule has 0 aliphatic carbocycles. The van der Waals surface area contributed by atoms with E-state index in [0.717, 1.165) is 12.4 Å². The normalized spacial score (nSPS) is 10.4. The van der Waals surface area contributed by atoms with Crippen molar-refractivity contribution in [3.8, 4) is 0 Å². The number of nitrogens with one attached hydrogen (secondary N) is 2. The molecule has 3 rings (SSSR count). The van der Waals surface area contributed by atoms with Gasteiger partial charge in [-0.2, -0.15) is 5.10 Å². The highest BCUT2D eigenvalue weighted by molar-refractivity contribution is 7.80. The Kier molecular flexibility index (Phi) is 4.68. The van der Waals surface area contributed by atoms with Crippen LogP contribution in [-0.4, -0.2) is 21.4 Å². The summed E-state index contributed by atoms with van der Waals surface area (Å²) in [6.07, 6.45) is 3.70. The molecular weight excluding hydrogens is 304 g/mol. The summed E-state index contributed by atoms with van der Waals surface area (Å²) in [7, 11) is 0. The molecule has 2 N–H and O–H groups in total. The van der Waals surface area contributed by atoms with Gasteiger partial charge in [0.25, 0.3) is 0 Å². The van der Waals surface area contributed by atoms with E-state index in [2.05, 4.69) is 64.8 Å². The first-order valence-electron chi connectivity index (χ1n) is 7.42. The molecule has 0 amide bonds. The van der Waals surface area contributed by atoms with Gasteiger partial charge in [0.1, 0.15) is 0 Å². The Bertz CT molecular complexity index is 832. The van der Waals surface area contributed by atoms with E-state index in [1.165, 1.54) is 16.3 Å². The Balaban J connectivity index is 1.73. The molecule has 0 spiro atoms. The number of thiocarbonyl (C=S) groups is 1. The minimum atomic E-state index is 0.542. The Morgan fingerprint density at radius 1 is 1.17 bits per heavy atom. The molecular formula is C18H18N4S. The second-order valence-electron chi connectivity index (χ2n) is 5.16. The molecule has 0 atom stereocenters. The maximum atomic E-state index is 5.18. The lowest BCUT2D eigenvalue weighted by Crippen LogP contribution is -2.28. The second-order valence-corrected chi connectivity index (χ2v) is 5.57. The van der Waals surface area contributed by atoms with Gasteiger partial charge in [-0.25, -0.2) is 0 Å². The third-order valence-corrected chi connectivity index (χ3v) is 3.75. The van der Waals surface area contributed by atoms with Crippen LogP contribution in [0.1, 0.15) is 5.56 Å². The monoisotopic (exact) mass is 322 g/mol. The average Bonchev–Trinajstić information content (AvgIpc) is 3.00. The van der Waals surface area contributed by atoms with Gasteiger partial charge in [-0.3, -0.25) is 4.68 Å². The van der Waals surface area contributed by atoms with Gasteiger partial charge in [-0.05, 0) is 28.6 Å². The van der Waals surface area contributed by atoms with Crippen molar-refractivity contribution in [3.63, 3.8) is 0 Å². The smallest absolute Gasteiger partial charge is 0.172 e. The number of hydrogen-bond acceptors (Lipinski definition) is 2. The fourth-order valence-corrected chi connectivity index (χ4v) is 2.63. The zero-order valence-corrected chi connectivity index (χ0v) is 13.5. The average molecular weight is 322 g/mol. The van der Waals surface area contributed by atoms with Crippen LogP contribution in [0.15, 0.2) is 67.4 Å². The van der Waals surface area contributed by atoms with Crippen molar-refractivity contribution in [2.24, 2.45) is 0 Å². The molecule has 0 radical (unpaired) electrons. The van der Waals surface area contributed by atoms with E-state index in [4.69, 9.17) is 12.2 Å². The van der Waals surface area contributed by atoms with E-state index in [1.807, 2.05) is 16.9 Å². The lowest BCUT2D eigenvalue weighted by atomic mass is 10.0. The van der Waals surface area contributed by atoms with Crippen LogP contribution in [0.4, 0.5) is 5.82 Å². The molecule has 1 aromatic heterocycles. The fraction of sp³-hybridized carbons (Fsp3) is 0.111. The molecule has 2 aromatic carbocycles. The summed E-state index contributed by atoms with van der Waals surface area (Å²) in [5, 5.41) is 13.6.